The Kier molecular flexibility index (Phi) is 12.5. The standard InChI is InChI=1S/C41H42ClN3O5S/c1-4-31(3)43-41(47)39(27-32-13-7-5-8-14-32)44(28-33-15-11-12-18-38(33)42)40(46)29-45(51(48,49)37-25-19-30(2)20-26-37)34-21-23-36(24-22-34)50-35-16-9-6-10-17-35/h5-26,31,39H,4,27-29H2,1-3H3,(H,43,47)/t31-,39+/m0/s1. The highest BCUT2D eigenvalue weighted by Crippen LogP contribution is 2.29. The molecule has 264 valence electrons. The predicted molar refractivity (Wildman–Crippen MR) is 203 cm³/mol. The van der Waals surface area contributed by atoms with E-state index < -0.39 is 28.5 Å². The Balaban J connectivity index is 1.57. The molecule has 51 heavy (non-hydrogen) atoms. The molecule has 1 N–H and O–H groups in total. The van der Waals surface area contributed by atoms with Crippen LogP contribution in [-0.4, -0.2) is 43.8 Å². The van der Waals surface area contributed by atoms with Gasteiger partial charge in [-0.2, -0.15) is 0 Å². The smallest absolute Gasteiger partial charge is 0.264 e. The lowest BCUT2D eigenvalue weighted by molar-refractivity contribution is -0.140. The Labute approximate surface area is 305 Å². The second kappa shape index (κ2) is 17.2. The van der Waals surface area contributed by atoms with Crippen molar-refractivity contribution in [1.82, 2.24) is 10.2 Å². The first-order valence-corrected chi connectivity index (χ1v) is 18.7. The Morgan fingerprint density at radius 3 is 2.00 bits per heavy atom. The van der Waals surface area contributed by atoms with Gasteiger partial charge in [0.25, 0.3) is 10.0 Å². The number of nitrogens with zero attached hydrogens (tertiary/aromatic N) is 2. The van der Waals surface area contributed by atoms with E-state index in [4.69, 9.17) is 16.3 Å². The minimum atomic E-state index is -4.26. The SMILES string of the molecule is CC[C@H](C)NC(=O)[C@@H](Cc1ccccc1)N(Cc1ccccc1Cl)C(=O)CN(c1ccc(Oc2ccccc2)cc1)S(=O)(=O)c1ccc(C)cc1. The fourth-order valence-corrected chi connectivity index (χ4v) is 7.09. The maximum absolute atomic E-state index is 14.7. The number of rotatable bonds is 15. The van der Waals surface area contributed by atoms with E-state index in [9.17, 15) is 18.0 Å². The molecular weight excluding hydrogens is 682 g/mol. The maximum atomic E-state index is 14.7. The van der Waals surface area contributed by atoms with Crippen LogP contribution in [0.1, 0.15) is 37.0 Å². The molecule has 0 spiro atoms. The van der Waals surface area contributed by atoms with Gasteiger partial charge in [0.15, 0.2) is 0 Å². The molecule has 5 aromatic rings. The average Bonchev–Trinajstić information content (AvgIpc) is 3.14. The van der Waals surface area contributed by atoms with Gasteiger partial charge in [-0.3, -0.25) is 13.9 Å². The van der Waals surface area contributed by atoms with Gasteiger partial charge in [-0.05, 0) is 86.0 Å². The van der Waals surface area contributed by atoms with E-state index in [2.05, 4.69) is 5.32 Å². The molecule has 2 atom stereocenters. The summed E-state index contributed by atoms with van der Waals surface area (Å²) >= 11 is 6.61. The molecular formula is C41H42ClN3O5S. The molecule has 5 aromatic carbocycles. The number of benzene rings is 5. The molecule has 0 unspecified atom stereocenters. The zero-order valence-corrected chi connectivity index (χ0v) is 30.5. The van der Waals surface area contributed by atoms with Gasteiger partial charge in [-0.1, -0.05) is 103 Å². The molecule has 0 aromatic heterocycles. The number of aryl methyl sites for hydroxylation is 1. The number of sulfonamides is 1. The van der Waals surface area contributed by atoms with Crippen LogP contribution < -0.4 is 14.4 Å². The quantitative estimate of drug-likeness (QED) is 0.118. The van der Waals surface area contributed by atoms with Crippen LogP contribution in [0.3, 0.4) is 0 Å². The van der Waals surface area contributed by atoms with Crippen molar-refractivity contribution >= 4 is 39.1 Å². The van der Waals surface area contributed by atoms with Crippen molar-refractivity contribution in [2.24, 2.45) is 0 Å². The minimum absolute atomic E-state index is 0.0216. The van der Waals surface area contributed by atoms with Crippen LogP contribution in [0.2, 0.25) is 5.02 Å². The molecule has 0 saturated heterocycles. The van der Waals surface area contributed by atoms with E-state index in [1.807, 2.05) is 87.5 Å². The van der Waals surface area contributed by atoms with Crippen LogP contribution in [0.15, 0.2) is 138 Å². The summed E-state index contributed by atoms with van der Waals surface area (Å²) in [5.41, 5.74) is 2.61. The van der Waals surface area contributed by atoms with E-state index in [0.717, 1.165) is 15.4 Å². The van der Waals surface area contributed by atoms with Gasteiger partial charge in [0, 0.05) is 24.0 Å². The Hall–Kier alpha value is -5.12. The van der Waals surface area contributed by atoms with Crippen LogP contribution in [0, 0.1) is 6.92 Å². The summed E-state index contributed by atoms with van der Waals surface area (Å²) in [7, 11) is -4.26. The highest BCUT2D eigenvalue weighted by Gasteiger charge is 2.35. The molecule has 2 amide bonds. The summed E-state index contributed by atoms with van der Waals surface area (Å²) in [6.45, 7) is 5.13. The fourth-order valence-electron chi connectivity index (χ4n) is 5.48. The third-order valence-electron chi connectivity index (χ3n) is 8.56. The number of ether oxygens (including phenoxy) is 1. The van der Waals surface area contributed by atoms with Gasteiger partial charge in [-0.25, -0.2) is 8.42 Å². The lowest BCUT2D eigenvalue weighted by Gasteiger charge is -2.34. The lowest BCUT2D eigenvalue weighted by atomic mass is 10.0. The summed E-state index contributed by atoms with van der Waals surface area (Å²) in [5, 5.41) is 3.47. The second-order valence-corrected chi connectivity index (χ2v) is 14.6. The summed E-state index contributed by atoms with van der Waals surface area (Å²) < 4.78 is 35.8. The Morgan fingerprint density at radius 2 is 1.37 bits per heavy atom. The molecule has 8 nitrogen and oxygen atoms in total. The number of para-hydroxylation sites is 1. The zero-order valence-electron chi connectivity index (χ0n) is 28.9. The number of anilines is 1. The minimum Gasteiger partial charge on any atom is -0.457 e. The van der Waals surface area contributed by atoms with Gasteiger partial charge < -0.3 is 15.0 Å². The molecule has 0 aliphatic rings. The van der Waals surface area contributed by atoms with E-state index >= 15 is 0 Å². The molecule has 0 aliphatic heterocycles. The van der Waals surface area contributed by atoms with E-state index in [0.29, 0.717) is 28.5 Å². The number of carbonyl (C=O) groups excluding carboxylic acids is 2. The first-order chi connectivity index (χ1) is 24.5. The van der Waals surface area contributed by atoms with Crippen molar-refractivity contribution in [2.45, 2.75) is 57.1 Å². The van der Waals surface area contributed by atoms with Gasteiger partial charge in [0.2, 0.25) is 11.8 Å². The largest absolute Gasteiger partial charge is 0.457 e. The molecule has 0 saturated carbocycles. The molecule has 0 heterocycles. The number of nitrogens with one attached hydrogen (secondary N) is 1. The molecule has 5 rings (SSSR count). The highest BCUT2D eigenvalue weighted by atomic mass is 35.5. The topological polar surface area (TPSA) is 96.0 Å². The number of halogens is 1. The number of amides is 2. The zero-order chi connectivity index (χ0) is 36.4. The van der Waals surface area contributed by atoms with Crippen molar-refractivity contribution in [1.29, 1.82) is 0 Å². The van der Waals surface area contributed by atoms with Gasteiger partial charge in [0.1, 0.15) is 24.1 Å². The van der Waals surface area contributed by atoms with E-state index in [1.165, 1.54) is 17.0 Å². The van der Waals surface area contributed by atoms with Crippen molar-refractivity contribution in [2.75, 3.05) is 10.8 Å². The van der Waals surface area contributed by atoms with Gasteiger partial charge in [0.05, 0.1) is 10.6 Å². The first kappa shape index (κ1) is 37.1. The van der Waals surface area contributed by atoms with E-state index in [1.54, 1.807) is 54.6 Å². The Morgan fingerprint density at radius 1 is 0.784 bits per heavy atom. The number of carbonyl (C=O) groups is 2. The average molecular weight is 724 g/mol. The monoisotopic (exact) mass is 723 g/mol. The van der Waals surface area contributed by atoms with Gasteiger partial charge in [-0.15, -0.1) is 0 Å². The van der Waals surface area contributed by atoms with Crippen molar-refractivity contribution in [3.8, 4) is 11.5 Å². The van der Waals surface area contributed by atoms with Crippen molar-refractivity contribution < 1.29 is 22.7 Å². The van der Waals surface area contributed by atoms with Crippen molar-refractivity contribution in [3.63, 3.8) is 0 Å². The second-order valence-electron chi connectivity index (χ2n) is 12.4. The van der Waals surface area contributed by atoms with Crippen molar-refractivity contribution in [3.05, 3.63) is 155 Å². The van der Waals surface area contributed by atoms with E-state index in [-0.39, 0.29) is 35.5 Å². The van der Waals surface area contributed by atoms with Crippen LogP contribution in [-0.2, 0) is 32.6 Å². The lowest BCUT2D eigenvalue weighted by Crippen LogP contribution is -2.54. The normalized spacial score (nSPS) is 12.4. The summed E-state index contributed by atoms with van der Waals surface area (Å²) in [6, 6.07) is 37.6. The first-order valence-electron chi connectivity index (χ1n) is 16.8. The highest BCUT2D eigenvalue weighted by molar-refractivity contribution is 7.92. The molecule has 10 heteroatoms. The number of hydrogen-bond donors (Lipinski definition) is 1. The molecule has 0 radical (unpaired) electrons. The van der Waals surface area contributed by atoms with Crippen LogP contribution in [0.5, 0.6) is 11.5 Å². The van der Waals surface area contributed by atoms with Crippen LogP contribution >= 0.6 is 11.6 Å². The maximum Gasteiger partial charge on any atom is 0.264 e. The Bertz CT molecular complexity index is 2010. The summed E-state index contributed by atoms with van der Waals surface area (Å²) in [6.07, 6.45) is 0.893. The molecule has 0 aliphatic carbocycles. The summed E-state index contributed by atoms with van der Waals surface area (Å²) in [5.74, 6) is 0.202. The molecule has 0 bridgehead atoms. The molecule has 0 fully saturated rings. The van der Waals surface area contributed by atoms with Gasteiger partial charge >= 0.3 is 0 Å². The van der Waals surface area contributed by atoms with Crippen LogP contribution in [0.4, 0.5) is 5.69 Å². The third-order valence-corrected chi connectivity index (χ3v) is 10.7. The van der Waals surface area contributed by atoms with Crippen LogP contribution in [0.25, 0.3) is 0 Å². The fraction of sp³-hybridized carbons (Fsp3) is 0.220. The third kappa shape index (κ3) is 9.78. The predicted octanol–water partition coefficient (Wildman–Crippen LogP) is 8.19. The number of hydrogen-bond acceptors (Lipinski definition) is 5. The summed E-state index contributed by atoms with van der Waals surface area (Å²) in [4.78, 5) is 30.3.